The minimum atomic E-state index is -0.416. The number of anilines is 3. The van der Waals surface area contributed by atoms with Gasteiger partial charge in [0.2, 0.25) is 0 Å². The molecule has 2 aliphatic carbocycles. The van der Waals surface area contributed by atoms with Crippen molar-refractivity contribution in [3.63, 3.8) is 0 Å². The molecule has 0 radical (unpaired) electrons. The van der Waals surface area contributed by atoms with Crippen molar-refractivity contribution in [3.05, 3.63) is 259 Å². The van der Waals surface area contributed by atoms with Crippen LogP contribution < -0.4 is 4.90 Å². The molecule has 0 unspecified atom stereocenters. The Balaban J connectivity index is 1.13. The highest BCUT2D eigenvalue weighted by Crippen LogP contribution is 2.63. The Morgan fingerprint density at radius 1 is 0.317 bits per heavy atom. The molecule has 63 heavy (non-hydrogen) atoms. The molecule has 0 amide bonds. The average Bonchev–Trinajstić information content (AvgIpc) is 3.99. The highest BCUT2D eigenvalue weighted by Gasteiger charge is 2.51. The molecule has 0 bridgehead atoms. The normalized spacial score (nSPS) is 12.9. The van der Waals surface area contributed by atoms with E-state index in [0.29, 0.717) is 0 Å². The van der Waals surface area contributed by atoms with Gasteiger partial charge in [-0.15, -0.1) is 11.3 Å². The summed E-state index contributed by atoms with van der Waals surface area (Å²) in [5.41, 5.74) is 20.7. The fourth-order valence-electron chi connectivity index (χ4n) is 11.0. The predicted octanol–water partition coefficient (Wildman–Crippen LogP) is 16.9. The Labute approximate surface area is 371 Å². The monoisotopic (exact) mass is 817 g/mol. The second-order valence-electron chi connectivity index (χ2n) is 16.7. The largest absolute Gasteiger partial charge is 0.308 e. The van der Waals surface area contributed by atoms with E-state index in [2.05, 4.69) is 241 Å². The SMILES string of the molecule is c1ccc(-c2ccccc2-c2c(-c3ccccc3)cccc2N(c2ccc3c(c2)-c2ccccc2C32c3ccccc3-c3ccccc32)c2cccc3c2sc2ccccc23)cc1. The summed E-state index contributed by atoms with van der Waals surface area (Å²) >= 11 is 1.88. The van der Waals surface area contributed by atoms with Crippen LogP contribution in [0.3, 0.4) is 0 Å². The maximum absolute atomic E-state index is 2.56. The van der Waals surface area contributed by atoms with E-state index in [1.165, 1.54) is 98.1 Å². The molecule has 0 aliphatic heterocycles. The van der Waals surface area contributed by atoms with Crippen LogP contribution in [0.1, 0.15) is 22.3 Å². The highest BCUT2D eigenvalue weighted by atomic mass is 32.1. The third-order valence-corrected chi connectivity index (χ3v) is 14.7. The maximum atomic E-state index is 2.56. The Bertz CT molecular complexity index is 3540. The summed E-state index contributed by atoms with van der Waals surface area (Å²) in [7, 11) is 0. The van der Waals surface area contributed by atoms with Crippen molar-refractivity contribution >= 4 is 48.6 Å². The van der Waals surface area contributed by atoms with Crippen molar-refractivity contribution in [1.82, 2.24) is 0 Å². The second kappa shape index (κ2) is 14.1. The summed E-state index contributed by atoms with van der Waals surface area (Å²) in [6.07, 6.45) is 0. The van der Waals surface area contributed by atoms with E-state index in [9.17, 15) is 0 Å². The van der Waals surface area contributed by atoms with Crippen LogP contribution in [0.25, 0.3) is 75.8 Å². The second-order valence-corrected chi connectivity index (χ2v) is 17.7. The van der Waals surface area contributed by atoms with Crippen LogP contribution >= 0.6 is 11.3 Å². The maximum Gasteiger partial charge on any atom is 0.0725 e. The third kappa shape index (κ3) is 5.22. The fraction of sp³-hybridized carbons (Fsp3) is 0.0164. The summed E-state index contributed by atoms with van der Waals surface area (Å²) in [6, 6.07) is 87.8. The van der Waals surface area contributed by atoms with Crippen molar-refractivity contribution in [2.45, 2.75) is 5.41 Å². The van der Waals surface area contributed by atoms with E-state index >= 15 is 0 Å². The van der Waals surface area contributed by atoms with Gasteiger partial charge < -0.3 is 4.90 Å². The van der Waals surface area contributed by atoms with E-state index in [1.54, 1.807) is 0 Å². The third-order valence-electron chi connectivity index (χ3n) is 13.5. The van der Waals surface area contributed by atoms with Gasteiger partial charge in [0.25, 0.3) is 0 Å². The quantitative estimate of drug-likeness (QED) is 0.162. The van der Waals surface area contributed by atoms with Gasteiger partial charge in [0.1, 0.15) is 0 Å². The first-order chi connectivity index (χ1) is 31.3. The summed E-state index contributed by atoms with van der Waals surface area (Å²) in [6.45, 7) is 0. The molecule has 10 aromatic carbocycles. The van der Waals surface area contributed by atoms with Crippen LogP contribution in [0.5, 0.6) is 0 Å². The lowest BCUT2D eigenvalue weighted by Crippen LogP contribution is -2.25. The number of benzene rings is 10. The molecule has 0 saturated carbocycles. The Morgan fingerprint density at radius 2 is 0.794 bits per heavy atom. The fourth-order valence-corrected chi connectivity index (χ4v) is 12.2. The summed E-state index contributed by atoms with van der Waals surface area (Å²) < 4.78 is 2.55. The van der Waals surface area contributed by atoms with E-state index in [-0.39, 0.29) is 0 Å². The molecular weight excluding hydrogens is 779 g/mol. The number of thiophene rings is 1. The predicted molar refractivity (Wildman–Crippen MR) is 267 cm³/mol. The average molecular weight is 818 g/mol. The first-order valence-electron chi connectivity index (χ1n) is 21.8. The van der Waals surface area contributed by atoms with E-state index in [1.807, 2.05) is 11.3 Å². The molecule has 1 nitrogen and oxygen atoms in total. The zero-order valence-corrected chi connectivity index (χ0v) is 35.2. The lowest BCUT2D eigenvalue weighted by molar-refractivity contribution is 0.794. The van der Waals surface area contributed by atoms with Crippen molar-refractivity contribution in [1.29, 1.82) is 0 Å². The smallest absolute Gasteiger partial charge is 0.0725 e. The van der Waals surface area contributed by atoms with Gasteiger partial charge in [0, 0.05) is 26.7 Å². The topological polar surface area (TPSA) is 3.24 Å². The first-order valence-corrected chi connectivity index (χ1v) is 22.6. The summed E-state index contributed by atoms with van der Waals surface area (Å²) in [4.78, 5) is 2.56. The van der Waals surface area contributed by atoms with Crippen LogP contribution in [0.4, 0.5) is 17.1 Å². The molecule has 1 aromatic heterocycles. The molecule has 2 heteroatoms. The van der Waals surface area contributed by atoms with E-state index in [4.69, 9.17) is 0 Å². The van der Waals surface area contributed by atoms with Gasteiger partial charge in [-0.25, -0.2) is 0 Å². The lowest BCUT2D eigenvalue weighted by atomic mass is 9.70. The zero-order valence-electron chi connectivity index (χ0n) is 34.4. The number of nitrogens with zero attached hydrogens (tertiary/aromatic N) is 1. The van der Waals surface area contributed by atoms with Gasteiger partial charge in [-0.3, -0.25) is 0 Å². The van der Waals surface area contributed by atoms with Crippen LogP contribution in [0.2, 0.25) is 0 Å². The molecule has 0 saturated heterocycles. The zero-order chi connectivity index (χ0) is 41.5. The molecule has 2 aliphatic rings. The molecule has 0 N–H and O–H groups in total. The lowest BCUT2D eigenvalue weighted by Gasteiger charge is -2.32. The highest BCUT2D eigenvalue weighted by molar-refractivity contribution is 7.26. The Morgan fingerprint density at radius 3 is 1.48 bits per heavy atom. The van der Waals surface area contributed by atoms with E-state index < -0.39 is 5.41 Å². The van der Waals surface area contributed by atoms with Crippen LogP contribution in [0.15, 0.2) is 237 Å². The van der Waals surface area contributed by atoms with Crippen LogP contribution in [-0.4, -0.2) is 0 Å². The van der Waals surface area contributed by atoms with Gasteiger partial charge in [-0.1, -0.05) is 206 Å². The minimum Gasteiger partial charge on any atom is -0.308 e. The van der Waals surface area contributed by atoms with Gasteiger partial charge in [0.15, 0.2) is 0 Å². The Hall–Kier alpha value is -7.78. The number of hydrogen-bond donors (Lipinski definition) is 0. The van der Waals surface area contributed by atoms with Gasteiger partial charge >= 0.3 is 0 Å². The molecule has 0 fully saturated rings. The molecule has 294 valence electrons. The summed E-state index contributed by atoms with van der Waals surface area (Å²) in [5.74, 6) is 0. The standard InChI is InChI=1S/C61H39NS/c1-3-19-40(20-4-1)43-23-7-8-28-49(43)59-44(41-21-5-2-6-22-41)29-17-34-56(59)62(57-35-18-30-50-48-27-12-16-36-58(48)63-60(50)57)42-37-38-55-51(39-42)47-26-11-15-33-54(47)61(55)52-31-13-9-24-45(52)46-25-10-14-32-53(46)61/h1-39H. The van der Waals surface area contributed by atoms with Crippen molar-refractivity contribution in [3.8, 4) is 55.6 Å². The number of rotatable bonds is 6. The first kappa shape index (κ1) is 35.9. The van der Waals surface area contributed by atoms with Crippen molar-refractivity contribution < 1.29 is 0 Å². The molecule has 11 aromatic rings. The Kier molecular flexibility index (Phi) is 8.06. The van der Waals surface area contributed by atoms with Gasteiger partial charge in [0.05, 0.1) is 21.5 Å². The summed E-state index contributed by atoms with van der Waals surface area (Å²) in [5, 5.41) is 2.56. The molecule has 1 heterocycles. The number of fused-ring (bicyclic) bond motifs is 13. The molecule has 13 rings (SSSR count). The van der Waals surface area contributed by atoms with Crippen LogP contribution in [-0.2, 0) is 5.41 Å². The van der Waals surface area contributed by atoms with Gasteiger partial charge in [-0.05, 0) is 103 Å². The number of hydrogen-bond acceptors (Lipinski definition) is 2. The molecule has 0 atom stereocenters. The van der Waals surface area contributed by atoms with Gasteiger partial charge in [-0.2, -0.15) is 0 Å². The minimum absolute atomic E-state index is 0.416. The van der Waals surface area contributed by atoms with Crippen molar-refractivity contribution in [2.75, 3.05) is 4.90 Å². The molecule has 1 spiro atoms. The van der Waals surface area contributed by atoms with Crippen LogP contribution in [0, 0.1) is 0 Å². The van der Waals surface area contributed by atoms with Crippen molar-refractivity contribution in [2.24, 2.45) is 0 Å². The van der Waals surface area contributed by atoms with E-state index in [0.717, 1.165) is 17.1 Å². The molecular formula is C61H39NS.